The normalized spacial score (nSPS) is 18.5. The molecule has 0 saturated carbocycles. The second kappa shape index (κ2) is 5.75. The average Bonchev–Trinajstić information content (AvgIpc) is 2.90. The fraction of sp³-hybridized carbons (Fsp3) is 0.267. The van der Waals surface area contributed by atoms with Gasteiger partial charge in [-0.25, -0.2) is 4.39 Å². The maximum Gasteiger partial charge on any atom is 0.325 e. The van der Waals surface area contributed by atoms with Crippen molar-refractivity contribution in [3.05, 3.63) is 56.5 Å². The summed E-state index contributed by atoms with van der Waals surface area (Å²) < 4.78 is 13.5. The fourth-order valence-electron chi connectivity index (χ4n) is 2.70. The van der Waals surface area contributed by atoms with Gasteiger partial charge in [0.1, 0.15) is 11.9 Å². The van der Waals surface area contributed by atoms with E-state index in [0.717, 1.165) is 22.4 Å². The molecule has 0 bridgehead atoms. The van der Waals surface area contributed by atoms with E-state index in [-0.39, 0.29) is 5.02 Å². The van der Waals surface area contributed by atoms with Gasteiger partial charge in [0.25, 0.3) is 0 Å². The summed E-state index contributed by atoms with van der Waals surface area (Å²) >= 11 is 7.27. The first-order chi connectivity index (χ1) is 10.1. The minimum Gasteiger partial charge on any atom is -0.480 e. The van der Waals surface area contributed by atoms with Crippen molar-refractivity contribution in [2.75, 3.05) is 6.54 Å². The van der Waals surface area contributed by atoms with Crippen molar-refractivity contribution in [3.8, 4) is 0 Å². The van der Waals surface area contributed by atoms with Gasteiger partial charge in [0.2, 0.25) is 0 Å². The summed E-state index contributed by atoms with van der Waals surface area (Å²) in [7, 11) is 0. The van der Waals surface area contributed by atoms with Crippen molar-refractivity contribution >= 4 is 28.9 Å². The number of carboxylic acids is 1. The Balaban J connectivity index is 1.88. The minimum absolute atomic E-state index is 0.0762. The Labute approximate surface area is 130 Å². The predicted molar refractivity (Wildman–Crippen MR) is 80.2 cm³/mol. The van der Waals surface area contributed by atoms with Crippen LogP contribution in [0.2, 0.25) is 5.02 Å². The Morgan fingerprint density at radius 1 is 1.48 bits per heavy atom. The van der Waals surface area contributed by atoms with Crippen molar-refractivity contribution in [1.29, 1.82) is 0 Å². The summed E-state index contributed by atoms with van der Waals surface area (Å²) in [4.78, 5) is 14.6. The average molecular weight is 326 g/mol. The van der Waals surface area contributed by atoms with Crippen LogP contribution >= 0.6 is 22.9 Å². The molecule has 1 unspecified atom stereocenters. The molecular formula is C15H13ClFNO2S. The summed E-state index contributed by atoms with van der Waals surface area (Å²) in [6.07, 6.45) is 0.826. The van der Waals surface area contributed by atoms with Crippen LogP contribution in [0.1, 0.15) is 22.0 Å². The molecule has 3 nitrogen and oxygen atoms in total. The molecule has 2 aromatic rings. The maximum atomic E-state index is 13.5. The number of rotatable bonds is 3. The lowest BCUT2D eigenvalue weighted by molar-refractivity contribution is -0.144. The minimum atomic E-state index is -0.871. The van der Waals surface area contributed by atoms with Crippen LogP contribution in [-0.4, -0.2) is 22.5 Å². The lowest BCUT2D eigenvalue weighted by Crippen LogP contribution is -2.38. The number of nitrogens with zero attached hydrogens (tertiary/aromatic N) is 1. The first kappa shape index (κ1) is 14.5. The SMILES string of the molecule is O=C(O)C1c2ccsc2CCN1Cc1ccc(Cl)c(F)c1. The van der Waals surface area contributed by atoms with E-state index >= 15 is 0 Å². The van der Waals surface area contributed by atoms with Gasteiger partial charge >= 0.3 is 5.97 Å². The van der Waals surface area contributed by atoms with Gasteiger partial charge in [-0.3, -0.25) is 9.69 Å². The Morgan fingerprint density at radius 2 is 2.29 bits per heavy atom. The molecule has 1 aromatic heterocycles. The molecule has 0 radical (unpaired) electrons. The molecule has 1 aromatic carbocycles. The molecule has 21 heavy (non-hydrogen) atoms. The second-order valence-electron chi connectivity index (χ2n) is 5.01. The van der Waals surface area contributed by atoms with E-state index in [1.54, 1.807) is 17.4 Å². The summed E-state index contributed by atoms with van der Waals surface area (Å²) in [5.41, 5.74) is 1.58. The van der Waals surface area contributed by atoms with Gasteiger partial charge in [-0.2, -0.15) is 0 Å². The quantitative estimate of drug-likeness (QED) is 0.935. The first-order valence-electron chi connectivity index (χ1n) is 6.53. The third kappa shape index (κ3) is 2.81. The number of hydrogen-bond acceptors (Lipinski definition) is 3. The number of halogens is 2. The van der Waals surface area contributed by atoms with Crippen LogP contribution in [0.5, 0.6) is 0 Å². The van der Waals surface area contributed by atoms with Gasteiger partial charge < -0.3 is 5.11 Å². The number of carboxylic acid groups (broad SMARTS) is 1. The number of aliphatic carboxylic acids is 1. The Hall–Kier alpha value is -1.43. The van der Waals surface area contributed by atoms with Crippen molar-refractivity contribution in [3.63, 3.8) is 0 Å². The van der Waals surface area contributed by atoms with E-state index in [1.807, 2.05) is 16.3 Å². The van der Waals surface area contributed by atoms with Gasteiger partial charge in [0, 0.05) is 18.0 Å². The van der Waals surface area contributed by atoms with Crippen molar-refractivity contribution in [2.45, 2.75) is 19.0 Å². The molecule has 0 fully saturated rings. The number of benzene rings is 1. The van der Waals surface area contributed by atoms with Crippen LogP contribution in [0.15, 0.2) is 29.6 Å². The molecule has 0 spiro atoms. The monoisotopic (exact) mass is 325 g/mol. The molecular weight excluding hydrogens is 313 g/mol. The van der Waals surface area contributed by atoms with E-state index in [0.29, 0.717) is 13.1 Å². The molecule has 1 atom stereocenters. The highest BCUT2D eigenvalue weighted by Crippen LogP contribution is 2.34. The zero-order valence-corrected chi connectivity index (χ0v) is 12.6. The Bertz CT molecular complexity index is 688. The molecule has 6 heteroatoms. The molecule has 2 heterocycles. The molecule has 1 N–H and O–H groups in total. The second-order valence-corrected chi connectivity index (χ2v) is 6.42. The largest absolute Gasteiger partial charge is 0.480 e. The fourth-order valence-corrected chi connectivity index (χ4v) is 3.72. The lowest BCUT2D eigenvalue weighted by atomic mass is 9.99. The number of carbonyl (C=O) groups is 1. The van der Waals surface area contributed by atoms with E-state index < -0.39 is 17.8 Å². The topological polar surface area (TPSA) is 40.5 Å². The van der Waals surface area contributed by atoms with Crippen LogP contribution in [0.4, 0.5) is 4.39 Å². The van der Waals surface area contributed by atoms with Gasteiger partial charge in [-0.05, 0) is 41.1 Å². The van der Waals surface area contributed by atoms with Gasteiger partial charge in [-0.1, -0.05) is 17.7 Å². The van der Waals surface area contributed by atoms with Gasteiger partial charge in [-0.15, -0.1) is 11.3 Å². The molecule has 0 amide bonds. The zero-order chi connectivity index (χ0) is 15.0. The molecule has 3 rings (SSSR count). The summed E-state index contributed by atoms with van der Waals surface area (Å²) in [6.45, 7) is 1.04. The van der Waals surface area contributed by atoms with Crippen LogP contribution < -0.4 is 0 Å². The highest BCUT2D eigenvalue weighted by molar-refractivity contribution is 7.10. The Morgan fingerprint density at radius 3 is 3.00 bits per heavy atom. The number of hydrogen-bond donors (Lipinski definition) is 1. The van der Waals surface area contributed by atoms with Gasteiger partial charge in [0.05, 0.1) is 5.02 Å². The molecule has 1 aliphatic rings. The third-order valence-electron chi connectivity index (χ3n) is 3.67. The van der Waals surface area contributed by atoms with Gasteiger partial charge in [0.15, 0.2) is 0 Å². The van der Waals surface area contributed by atoms with Crippen LogP contribution in [-0.2, 0) is 17.8 Å². The van der Waals surface area contributed by atoms with Crippen LogP contribution in [0, 0.1) is 5.82 Å². The molecule has 0 aliphatic carbocycles. The number of fused-ring (bicyclic) bond motifs is 1. The van der Waals surface area contributed by atoms with E-state index in [4.69, 9.17) is 11.6 Å². The highest BCUT2D eigenvalue weighted by atomic mass is 35.5. The van der Waals surface area contributed by atoms with Crippen molar-refractivity contribution < 1.29 is 14.3 Å². The van der Waals surface area contributed by atoms with Crippen LogP contribution in [0.3, 0.4) is 0 Å². The summed E-state index contributed by atoms with van der Waals surface area (Å²) in [6, 6.07) is 5.80. The van der Waals surface area contributed by atoms with Crippen molar-refractivity contribution in [2.24, 2.45) is 0 Å². The molecule has 1 aliphatic heterocycles. The predicted octanol–water partition coefficient (Wildman–Crippen LogP) is 3.72. The zero-order valence-electron chi connectivity index (χ0n) is 11.1. The van der Waals surface area contributed by atoms with E-state index in [1.165, 1.54) is 12.1 Å². The number of thiophene rings is 1. The van der Waals surface area contributed by atoms with E-state index in [2.05, 4.69) is 0 Å². The maximum absolute atomic E-state index is 13.5. The molecule has 110 valence electrons. The lowest BCUT2D eigenvalue weighted by Gasteiger charge is -2.33. The highest BCUT2D eigenvalue weighted by Gasteiger charge is 2.33. The standard InChI is InChI=1S/C15H13ClFNO2S/c16-11-2-1-9(7-12(11)17)8-18-5-3-13-10(4-6-21-13)14(18)15(19)20/h1-2,4,6-7,14H,3,5,8H2,(H,19,20). The smallest absolute Gasteiger partial charge is 0.325 e. The summed E-state index contributed by atoms with van der Waals surface area (Å²) in [5.74, 6) is -1.35. The Kier molecular flexibility index (Phi) is 3.97. The van der Waals surface area contributed by atoms with Crippen LogP contribution in [0.25, 0.3) is 0 Å². The summed E-state index contributed by atoms with van der Waals surface area (Å²) in [5, 5.41) is 11.5. The first-order valence-corrected chi connectivity index (χ1v) is 7.79. The van der Waals surface area contributed by atoms with Crippen molar-refractivity contribution in [1.82, 2.24) is 4.90 Å². The third-order valence-corrected chi connectivity index (χ3v) is 4.97. The molecule has 0 saturated heterocycles. The van der Waals surface area contributed by atoms with E-state index in [9.17, 15) is 14.3 Å².